The average Bonchev–Trinajstić information content (AvgIpc) is 2.72. The SMILES string of the molecule is CC.CC.CC(=O)Nc1cc(N=C2CNNC(c3ccccn3)=N2)ccn1. The molecule has 0 aliphatic carbocycles. The summed E-state index contributed by atoms with van der Waals surface area (Å²) < 4.78 is 0. The molecule has 0 bridgehead atoms. The maximum atomic E-state index is 11.1. The fraction of sp³-hybridized carbons (Fsp3) is 0.316. The highest BCUT2D eigenvalue weighted by Crippen LogP contribution is 2.16. The van der Waals surface area contributed by atoms with E-state index >= 15 is 0 Å². The highest BCUT2D eigenvalue weighted by molar-refractivity contribution is 6.07. The number of aromatic nitrogens is 2. The summed E-state index contributed by atoms with van der Waals surface area (Å²) in [5, 5.41) is 2.62. The second-order valence-corrected chi connectivity index (χ2v) is 4.76. The van der Waals surface area contributed by atoms with Gasteiger partial charge in [-0.1, -0.05) is 33.8 Å². The zero-order valence-corrected chi connectivity index (χ0v) is 16.4. The summed E-state index contributed by atoms with van der Waals surface area (Å²) in [5.41, 5.74) is 7.37. The number of amidine groups is 2. The van der Waals surface area contributed by atoms with Gasteiger partial charge in [0.1, 0.15) is 17.3 Å². The molecule has 0 unspecified atom stereocenters. The molecule has 2 aromatic heterocycles. The van der Waals surface area contributed by atoms with E-state index in [0.717, 1.165) is 5.69 Å². The molecule has 8 heteroatoms. The number of nitrogens with one attached hydrogen (secondary N) is 3. The normalized spacial score (nSPS) is 13.8. The molecule has 0 fully saturated rings. The van der Waals surface area contributed by atoms with Gasteiger partial charge in [-0.3, -0.25) is 9.78 Å². The molecule has 0 spiro atoms. The van der Waals surface area contributed by atoms with E-state index in [-0.39, 0.29) is 5.91 Å². The molecule has 0 atom stereocenters. The largest absolute Gasteiger partial charge is 0.311 e. The molecule has 0 saturated carbocycles. The fourth-order valence-corrected chi connectivity index (χ4v) is 1.98. The van der Waals surface area contributed by atoms with Crippen molar-refractivity contribution in [2.45, 2.75) is 34.6 Å². The number of anilines is 1. The van der Waals surface area contributed by atoms with Crippen molar-refractivity contribution < 1.29 is 4.79 Å². The molecule has 3 N–H and O–H groups in total. The van der Waals surface area contributed by atoms with Crippen molar-refractivity contribution in [3.8, 4) is 0 Å². The average molecular weight is 369 g/mol. The summed E-state index contributed by atoms with van der Waals surface area (Å²) in [6, 6.07) is 9.02. The Morgan fingerprint density at radius 3 is 2.56 bits per heavy atom. The monoisotopic (exact) mass is 369 g/mol. The van der Waals surface area contributed by atoms with Crippen LogP contribution < -0.4 is 16.2 Å². The number of aliphatic imine (C=N–C) groups is 2. The Labute approximate surface area is 160 Å². The van der Waals surface area contributed by atoms with E-state index in [1.165, 1.54) is 6.92 Å². The summed E-state index contributed by atoms with van der Waals surface area (Å²) in [4.78, 5) is 28.3. The molecule has 0 radical (unpaired) electrons. The van der Waals surface area contributed by atoms with Crippen molar-refractivity contribution in [3.05, 3.63) is 48.4 Å². The molecule has 0 saturated heterocycles. The molecule has 1 amide bonds. The highest BCUT2D eigenvalue weighted by Gasteiger charge is 2.12. The van der Waals surface area contributed by atoms with Gasteiger partial charge in [0, 0.05) is 25.4 Å². The van der Waals surface area contributed by atoms with Crippen LogP contribution in [0, 0.1) is 0 Å². The van der Waals surface area contributed by atoms with Gasteiger partial charge in [-0.05, 0) is 18.2 Å². The third kappa shape index (κ3) is 7.33. The van der Waals surface area contributed by atoms with Crippen LogP contribution in [0.2, 0.25) is 0 Å². The number of hydrazine groups is 1. The van der Waals surface area contributed by atoms with E-state index in [1.54, 1.807) is 24.5 Å². The van der Waals surface area contributed by atoms with Crippen LogP contribution in [0.5, 0.6) is 0 Å². The fourth-order valence-electron chi connectivity index (χ4n) is 1.98. The van der Waals surface area contributed by atoms with Crippen LogP contribution in [0.15, 0.2) is 52.7 Å². The lowest BCUT2D eigenvalue weighted by Crippen LogP contribution is -2.45. The Morgan fingerprint density at radius 1 is 1.11 bits per heavy atom. The van der Waals surface area contributed by atoms with Gasteiger partial charge in [0.05, 0.1) is 12.2 Å². The van der Waals surface area contributed by atoms with E-state index in [1.807, 2.05) is 45.9 Å². The number of carbonyl (C=O) groups is 1. The summed E-state index contributed by atoms with van der Waals surface area (Å²) in [5.74, 6) is 1.48. The molecular formula is C19H27N7O. The standard InChI is InChI=1S/C15H15N7O.2C2H6/c1-10(23)19-13-8-11(5-7-17-13)20-14-9-18-22-15(21-14)12-4-2-3-6-16-12;2*1-2/h2-8,18H,9H2,1H3,(H2,17,19,20,21,22,23);2*1-2H3. The predicted molar refractivity (Wildman–Crippen MR) is 110 cm³/mol. The molecule has 27 heavy (non-hydrogen) atoms. The van der Waals surface area contributed by atoms with Crippen LogP contribution in [-0.4, -0.2) is 34.1 Å². The Bertz CT molecular complexity index is 773. The van der Waals surface area contributed by atoms with Crippen molar-refractivity contribution in [2.24, 2.45) is 9.98 Å². The Hall–Kier alpha value is -3.13. The van der Waals surface area contributed by atoms with Crippen molar-refractivity contribution in [2.75, 3.05) is 11.9 Å². The number of hydrogen-bond acceptors (Lipinski definition) is 6. The van der Waals surface area contributed by atoms with Crippen LogP contribution in [0.1, 0.15) is 40.3 Å². The van der Waals surface area contributed by atoms with E-state index in [9.17, 15) is 4.79 Å². The van der Waals surface area contributed by atoms with Crippen LogP contribution >= 0.6 is 0 Å². The lowest BCUT2D eigenvalue weighted by Gasteiger charge is -2.16. The topological polar surface area (TPSA) is 104 Å². The van der Waals surface area contributed by atoms with Crippen LogP contribution in [0.3, 0.4) is 0 Å². The summed E-state index contributed by atoms with van der Waals surface area (Å²) in [6.07, 6.45) is 3.29. The summed E-state index contributed by atoms with van der Waals surface area (Å²) in [6.45, 7) is 9.90. The minimum absolute atomic E-state index is 0.179. The van der Waals surface area contributed by atoms with Crippen LogP contribution in [-0.2, 0) is 4.79 Å². The molecule has 3 heterocycles. The quantitative estimate of drug-likeness (QED) is 0.771. The Kier molecular flexibility index (Phi) is 9.95. The van der Waals surface area contributed by atoms with Gasteiger partial charge in [0.15, 0.2) is 5.84 Å². The van der Waals surface area contributed by atoms with Gasteiger partial charge >= 0.3 is 0 Å². The van der Waals surface area contributed by atoms with Gasteiger partial charge in [-0.15, -0.1) is 0 Å². The van der Waals surface area contributed by atoms with Gasteiger partial charge in [0.25, 0.3) is 0 Å². The van der Waals surface area contributed by atoms with Crippen LogP contribution in [0.25, 0.3) is 0 Å². The minimum Gasteiger partial charge on any atom is -0.311 e. The van der Waals surface area contributed by atoms with Gasteiger partial charge in [0.2, 0.25) is 5.91 Å². The molecule has 3 rings (SSSR count). The van der Waals surface area contributed by atoms with Gasteiger partial charge in [-0.2, -0.15) is 0 Å². The summed E-state index contributed by atoms with van der Waals surface area (Å²) in [7, 11) is 0. The van der Waals surface area contributed by atoms with Gasteiger partial charge < -0.3 is 10.7 Å². The Balaban J connectivity index is 0.000000855. The molecular weight excluding hydrogens is 342 g/mol. The van der Waals surface area contributed by atoms with Gasteiger partial charge in [-0.25, -0.2) is 20.4 Å². The van der Waals surface area contributed by atoms with Crippen molar-refractivity contribution >= 4 is 29.1 Å². The lowest BCUT2D eigenvalue weighted by molar-refractivity contribution is -0.114. The first-order chi connectivity index (χ1) is 13.2. The number of amides is 1. The van der Waals surface area contributed by atoms with Crippen LogP contribution in [0.4, 0.5) is 11.5 Å². The van der Waals surface area contributed by atoms with Crippen molar-refractivity contribution in [1.29, 1.82) is 0 Å². The third-order valence-electron chi connectivity index (χ3n) is 2.91. The Morgan fingerprint density at radius 2 is 1.89 bits per heavy atom. The number of nitrogens with zero attached hydrogens (tertiary/aromatic N) is 4. The van der Waals surface area contributed by atoms with E-state index in [2.05, 4.69) is 36.1 Å². The smallest absolute Gasteiger partial charge is 0.222 e. The number of rotatable bonds is 3. The first-order valence-electron chi connectivity index (χ1n) is 9.01. The first-order valence-corrected chi connectivity index (χ1v) is 9.01. The number of hydrogen-bond donors (Lipinski definition) is 3. The maximum absolute atomic E-state index is 11.1. The second-order valence-electron chi connectivity index (χ2n) is 4.76. The molecule has 8 nitrogen and oxygen atoms in total. The van der Waals surface area contributed by atoms with Crippen molar-refractivity contribution in [3.63, 3.8) is 0 Å². The molecule has 144 valence electrons. The zero-order valence-electron chi connectivity index (χ0n) is 16.4. The van der Waals surface area contributed by atoms with E-state index in [4.69, 9.17) is 0 Å². The lowest BCUT2D eigenvalue weighted by atomic mass is 10.3. The molecule has 1 aliphatic heterocycles. The predicted octanol–water partition coefficient (Wildman–Crippen LogP) is 3.07. The maximum Gasteiger partial charge on any atom is 0.222 e. The number of carbonyl (C=O) groups excluding carboxylic acids is 1. The second kappa shape index (κ2) is 12.3. The van der Waals surface area contributed by atoms with E-state index in [0.29, 0.717) is 29.7 Å². The first kappa shape index (κ1) is 21.9. The summed E-state index contributed by atoms with van der Waals surface area (Å²) >= 11 is 0. The van der Waals surface area contributed by atoms with Crippen molar-refractivity contribution in [1.82, 2.24) is 20.8 Å². The highest BCUT2D eigenvalue weighted by atomic mass is 16.1. The molecule has 0 aromatic carbocycles. The molecule has 1 aliphatic rings. The zero-order chi connectivity index (χ0) is 20.1. The molecule has 2 aromatic rings. The number of pyridine rings is 2. The third-order valence-corrected chi connectivity index (χ3v) is 2.91. The minimum atomic E-state index is -0.179. The van der Waals surface area contributed by atoms with E-state index < -0.39 is 0 Å².